The molecule has 1 N–H and O–H groups in total. The Bertz CT molecular complexity index is 719. The molecule has 1 atom stereocenters. The highest BCUT2D eigenvalue weighted by atomic mass is 35.5. The van der Waals surface area contributed by atoms with Gasteiger partial charge >= 0.3 is 6.36 Å². The van der Waals surface area contributed by atoms with Crippen molar-refractivity contribution in [3.05, 3.63) is 47.8 Å². The first-order valence-electron chi connectivity index (χ1n) is 7.45. The van der Waals surface area contributed by atoms with Gasteiger partial charge in [0.15, 0.2) is 0 Å². The van der Waals surface area contributed by atoms with Gasteiger partial charge in [0.1, 0.15) is 11.8 Å². The molecule has 0 bridgehead atoms. The number of rotatable bonds is 6. The highest BCUT2D eigenvalue weighted by molar-refractivity contribution is 5.85. The number of ether oxygens (including phenoxy) is 1. The van der Waals surface area contributed by atoms with E-state index in [-0.39, 0.29) is 30.6 Å². The Morgan fingerprint density at radius 1 is 1.35 bits per heavy atom. The molecule has 0 spiro atoms. The van der Waals surface area contributed by atoms with Crippen molar-refractivity contribution in [1.82, 2.24) is 20.0 Å². The van der Waals surface area contributed by atoms with E-state index < -0.39 is 12.4 Å². The second kappa shape index (κ2) is 8.91. The van der Waals surface area contributed by atoms with Crippen LogP contribution in [0.25, 0.3) is 0 Å². The Labute approximate surface area is 155 Å². The number of hydrogen-bond acceptors (Lipinski definition) is 4. The van der Waals surface area contributed by atoms with E-state index in [0.29, 0.717) is 5.56 Å². The number of alkyl halides is 3. The average molecular weight is 393 g/mol. The summed E-state index contributed by atoms with van der Waals surface area (Å²) in [6.07, 6.45) is -1.37. The van der Waals surface area contributed by atoms with Gasteiger partial charge in [-0.15, -0.1) is 25.6 Å². The van der Waals surface area contributed by atoms with Crippen molar-refractivity contribution in [3.8, 4) is 5.75 Å². The van der Waals surface area contributed by atoms with Gasteiger partial charge in [-0.1, -0.05) is 12.1 Å². The number of likely N-dealkylation sites (N-methyl/N-ethyl adjacent to an activating group) is 2. The molecule has 6 nitrogen and oxygen atoms in total. The molecule has 0 fully saturated rings. The van der Waals surface area contributed by atoms with Gasteiger partial charge in [-0.05, 0) is 24.7 Å². The number of nitrogens with zero attached hydrogens (tertiary/aromatic N) is 3. The molecule has 2 rings (SSSR count). The number of carbonyl (C=O) groups is 1. The Morgan fingerprint density at radius 2 is 1.96 bits per heavy atom. The molecule has 1 aromatic carbocycles. The lowest BCUT2D eigenvalue weighted by Crippen LogP contribution is -2.37. The molecule has 144 valence electrons. The summed E-state index contributed by atoms with van der Waals surface area (Å²) in [5, 5.41) is 6.99. The molecule has 0 saturated heterocycles. The zero-order valence-corrected chi connectivity index (χ0v) is 15.3. The Hall–Kier alpha value is -2.26. The first-order chi connectivity index (χ1) is 11.7. The van der Waals surface area contributed by atoms with Gasteiger partial charge in [-0.25, -0.2) is 0 Å². The van der Waals surface area contributed by atoms with Gasteiger partial charge in [-0.2, -0.15) is 5.10 Å². The Morgan fingerprint density at radius 3 is 2.42 bits per heavy atom. The van der Waals surface area contributed by atoms with Crippen LogP contribution >= 0.6 is 12.4 Å². The first kappa shape index (κ1) is 21.8. The van der Waals surface area contributed by atoms with Crippen molar-refractivity contribution < 1.29 is 22.7 Å². The van der Waals surface area contributed by atoms with Crippen molar-refractivity contribution in [2.45, 2.75) is 18.9 Å². The van der Waals surface area contributed by atoms with Crippen molar-refractivity contribution in [2.75, 3.05) is 14.1 Å². The number of carbonyl (C=O) groups excluding carboxylic acids is 1. The van der Waals surface area contributed by atoms with Crippen LogP contribution in [0.3, 0.4) is 0 Å². The predicted octanol–water partition coefficient (Wildman–Crippen LogP) is 2.66. The van der Waals surface area contributed by atoms with Crippen LogP contribution in [-0.4, -0.2) is 41.0 Å². The maximum absolute atomic E-state index is 12.6. The number of amides is 1. The van der Waals surface area contributed by atoms with Crippen LogP contribution in [-0.2, 0) is 18.4 Å². The Balaban J connectivity index is 0.00000338. The maximum atomic E-state index is 12.6. The SMILES string of the molecule is CNC(C(=O)N(C)Cc1ccc(OC(F)(F)F)cc1)c1cnn(C)c1.Cl. The zero-order chi connectivity index (χ0) is 18.6. The average Bonchev–Trinajstić information content (AvgIpc) is 2.94. The molecule has 2 aromatic rings. The Kier molecular flexibility index (Phi) is 7.46. The second-order valence-electron chi connectivity index (χ2n) is 5.56. The van der Waals surface area contributed by atoms with Gasteiger partial charge in [0, 0.05) is 32.4 Å². The summed E-state index contributed by atoms with van der Waals surface area (Å²) in [4.78, 5) is 14.1. The van der Waals surface area contributed by atoms with Crippen LogP contribution in [0.15, 0.2) is 36.7 Å². The molecule has 10 heteroatoms. The number of benzene rings is 1. The van der Waals surface area contributed by atoms with E-state index in [9.17, 15) is 18.0 Å². The molecule has 1 aromatic heterocycles. The normalized spacial score (nSPS) is 12.2. The third kappa shape index (κ3) is 5.92. The van der Waals surface area contributed by atoms with E-state index in [2.05, 4.69) is 15.2 Å². The van der Waals surface area contributed by atoms with Crippen LogP contribution in [0, 0.1) is 0 Å². The minimum Gasteiger partial charge on any atom is -0.406 e. The van der Waals surface area contributed by atoms with Crippen LogP contribution < -0.4 is 10.1 Å². The topological polar surface area (TPSA) is 59.4 Å². The lowest BCUT2D eigenvalue weighted by atomic mass is 10.1. The summed E-state index contributed by atoms with van der Waals surface area (Å²) in [7, 11) is 5.06. The number of halogens is 4. The molecule has 0 aliphatic carbocycles. The van der Waals surface area contributed by atoms with Crippen LogP contribution in [0.5, 0.6) is 5.75 Å². The standard InChI is InChI=1S/C16H19F3N4O2.ClH/c1-20-14(12-8-21-23(3)10-12)15(24)22(2)9-11-4-6-13(7-5-11)25-16(17,18)19;/h4-8,10,14,20H,9H2,1-3H3;1H. The van der Waals surface area contributed by atoms with E-state index in [1.165, 1.54) is 29.2 Å². The van der Waals surface area contributed by atoms with E-state index in [1.54, 1.807) is 38.2 Å². The quantitative estimate of drug-likeness (QED) is 0.821. The van der Waals surface area contributed by atoms with Crippen molar-refractivity contribution in [1.29, 1.82) is 0 Å². The van der Waals surface area contributed by atoms with E-state index in [1.807, 2.05) is 0 Å². The number of nitrogens with one attached hydrogen (secondary N) is 1. The molecule has 1 heterocycles. The molecule has 0 aliphatic rings. The van der Waals surface area contributed by atoms with Crippen LogP contribution in [0.2, 0.25) is 0 Å². The molecule has 0 radical (unpaired) electrons. The number of aryl methyl sites for hydroxylation is 1. The zero-order valence-electron chi connectivity index (χ0n) is 14.4. The summed E-state index contributed by atoms with van der Waals surface area (Å²) >= 11 is 0. The van der Waals surface area contributed by atoms with Crippen molar-refractivity contribution in [3.63, 3.8) is 0 Å². The summed E-state index contributed by atoms with van der Waals surface area (Å²) in [5.74, 6) is -0.472. The molecule has 1 amide bonds. The van der Waals surface area contributed by atoms with Crippen molar-refractivity contribution >= 4 is 18.3 Å². The molecular weight excluding hydrogens is 373 g/mol. The van der Waals surface area contributed by atoms with Gasteiger partial charge in [0.2, 0.25) is 5.91 Å². The van der Waals surface area contributed by atoms with Gasteiger partial charge in [-0.3, -0.25) is 9.48 Å². The maximum Gasteiger partial charge on any atom is 0.573 e. The van der Waals surface area contributed by atoms with Gasteiger partial charge in [0.25, 0.3) is 0 Å². The first-order valence-corrected chi connectivity index (χ1v) is 7.45. The lowest BCUT2D eigenvalue weighted by Gasteiger charge is -2.23. The molecule has 0 aliphatic heterocycles. The largest absolute Gasteiger partial charge is 0.573 e. The number of aromatic nitrogens is 2. The fourth-order valence-electron chi connectivity index (χ4n) is 2.39. The highest BCUT2D eigenvalue weighted by Gasteiger charge is 2.31. The number of hydrogen-bond donors (Lipinski definition) is 1. The smallest absolute Gasteiger partial charge is 0.406 e. The molecule has 1 unspecified atom stereocenters. The summed E-state index contributed by atoms with van der Waals surface area (Å²) in [6.45, 7) is 0.254. The van der Waals surface area contributed by atoms with E-state index in [4.69, 9.17) is 0 Å². The fourth-order valence-corrected chi connectivity index (χ4v) is 2.39. The van der Waals surface area contributed by atoms with E-state index >= 15 is 0 Å². The third-order valence-corrected chi connectivity index (χ3v) is 3.55. The summed E-state index contributed by atoms with van der Waals surface area (Å²) in [5.41, 5.74) is 1.42. The summed E-state index contributed by atoms with van der Waals surface area (Å²) in [6, 6.07) is 4.87. The van der Waals surface area contributed by atoms with Gasteiger partial charge < -0.3 is 15.0 Å². The lowest BCUT2D eigenvalue weighted by molar-refractivity contribution is -0.274. The molecular formula is C16H20ClF3N4O2. The minimum absolute atomic E-state index is 0. The van der Waals surface area contributed by atoms with Crippen molar-refractivity contribution in [2.24, 2.45) is 7.05 Å². The van der Waals surface area contributed by atoms with Crippen LogP contribution in [0.1, 0.15) is 17.2 Å². The molecule has 0 saturated carbocycles. The predicted molar refractivity (Wildman–Crippen MR) is 91.9 cm³/mol. The van der Waals surface area contributed by atoms with Crippen LogP contribution in [0.4, 0.5) is 13.2 Å². The molecule has 26 heavy (non-hydrogen) atoms. The second-order valence-corrected chi connectivity index (χ2v) is 5.56. The highest BCUT2D eigenvalue weighted by Crippen LogP contribution is 2.23. The summed E-state index contributed by atoms with van der Waals surface area (Å²) < 4.78 is 41.9. The van der Waals surface area contributed by atoms with Gasteiger partial charge in [0.05, 0.1) is 6.20 Å². The monoisotopic (exact) mass is 392 g/mol. The van der Waals surface area contributed by atoms with E-state index in [0.717, 1.165) is 5.56 Å². The minimum atomic E-state index is -4.72. The third-order valence-electron chi connectivity index (χ3n) is 3.55. The fraction of sp³-hybridized carbons (Fsp3) is 0.375.